The van der Waals surface area contributed by atoms with Crippen molar-refractivity contribution in [2.75, 3.05) is 25.1 Å². The first kappa shape index (κ1) is 19.6. The number of primary amides is 1. The molecule has 1 saturated heterocycles. The van der Waals surface area contributed by atoms with Crippen molar-refractivity contribution in [1.82, 2.24) is 20.3 Å². The van der Waals surface area contributed by atoms with E-state index in [1.54, 1.807) is 7.11 Å². The highest BCUT2D eigenvalue weighted by Crippen LogP contribution is 2.26. The molecule has 0 aromatic carbocycles. The molecule has 2 atom stereocenters. The summed E-state index contributed by atoms with van der Waals surface area (Å²) in [6.07, 6.45) is 2.56. The number of imidazole rings is 1. The van der Waals surface area contributed by atoms with Gasteiger partial charge in [-0.2, -0.15) is 0 Å². The summed E-state index contributed by atoms with van der Waals surface area (Å²) in [6.45, 7) is 3.13. The van der Waals surface area contributed by atoms with E-state index >= 15 is 0 Å². The molecule has 2 amide bonds. The van der Waals surface area contributed by atoms with Gasteiger partial charge in [0.1, 0.15) is 4.88 Å². The molecule has 4 N–H and O–H groups in total. The molecule has 146 valence electrons. The average molecular weight is 413 g/mol. The molecule has 3 heterocycles. The molecule has 1 fully saturated rings. The number of aromatic amines is 1. The molecule has 0 unspecified atom stereocenters. The van der Waals surface area contributed by atoms with Gasteiger partial charge in [0.15, 0.2) is 16.1 Å². The van der Waals surface area contributed by atoms with E-state index in [0.29, 0.717) is 41.1 Å². The lowest BCUT2D eigenvalue weighted by Crippen LogP contribution is -2.55. The van der Waals surface area contributed by atoms with Crippen molar-refractivity contribution >= 4 is 39.9 Å². The lowest BCUT2D eigenvalue weighted by molar-refractivity contribution is 0.0538. The van der Waals surface area contributed by atoms with Crippen LogP contribution >= 0.6 is 22.9 Å². The summed E-state index contributed by atoms with van der Waals surface area (Å²) in [5.74, 6) is -0.615. The Morgan fingerprint density at radius 3 is 2.93 bits per heavy atom. The van der Waals surface area contributed by atoms with E-state index in [2.05, 4.69) is 20.3 Å². The summed E-state index contributed by atoms with van der Waals surface area (Å²) >= 11 is 7.25. The van der Waals surface area contributed by atoms with Crippen LogP contribution in [0.1, 0.15) is 39.3 Å². The van der Waals surface area contributed by atoms with Crippen LogP contribution in [0.4, 0.5) is 5.13 Å². The quantitative estimate of drug-likeness (QED) is 0.654. The van der Waals surface area contributed by atoms with Gasteiger partial charge >= 0.3 is 0 Å². The number of rotatable bonds is 6. The van der Waals surface area contributed by atoms with Gasteiger partial charge in [-0.3, -0.25) is 9.59 Å². The molecule has 2 aromatic heterocycles. The summed E-state index contributed by atoms with van der Waals surface area (Å²) in [5.41, 5.74) is 6.02. The number of nitrogens with two attached hydrogens (primary N) is 1. The van der Waals surface area contributed by atoms with Crippen molar-refractivity contribution < 1.29 is 14.3 Å². The molecule has 0 bridgehead atoms. The average Bonchev–Trinajstić information content (AvgIpc) is 3.29. The van der Waals surface area contributed by atoms with Gasteiger partial charge in [-0.05, 0) is 12.8 Å². The zero-order valence-electron chi connectivity index (χ0n) is 15.0. The number of H-pyrrole nitrogens is 1. The summed E-state index contributed by atoms with van der Waals surface area (Å²) in [6, 6.07) is -0.178. The van der Waals surface area contributed by atoms with E-state index in [0.717, 1.165) is 5.69 Å². The van der Waals surface area contributed by atoms with E-state index in [4.69, 9.17) is 22.1 Å². The predicted molar refractivity (Wildman–Crippen MR) is 102 cm³/mol. The van der Waals surface area contributed by atoms with Gasteiger partial charge in [0.2, 0.25) is 0 Å². The van der Waals surface area contributed by atoms with Crippen molar-refractivity contribution in [3.05, 3.63) is 27.7 Å². The third-order valence-electron chi connectivity index (χ3n) is 4.48. The minimum Gasteiger partial charge on any atom is -0.377 e. The number of amides is 2. The molecule has 1 aliphatic heterocycles. The van der Waals surface area contributed by atoms with Crippen LogP contribution in [0.2, 0.25) is 5.15 Å². The van der Waals surface area contributed by atoms with Crippen LogP contribution in [-0.4, -0.2) is 59.1 Å². The highest BCUT2D eigenvalue weighted by molar-refractivity contribution is 7.17. The summed E-state index contributed by atoms with van der Waals surface area (Å²) < 4.78 is 5.57. The van der Waals surface area contributed by atoms with E-state index in [1.807, 2.05) is 11.8 Å². The minimum absolute atomic E-state index is 0.178. The van der Waals surface area contributed by atoms with Gasteiger partial charge in [-0.15, -0.1) is 0 Å². The van der Waals surface area contributed by atoms with Gasteiger partial charge in [-0.1, -0.05) is 29.9 Å². The first-order valence-electron chi connectivity index (χ1n) is 8.51. The maximum absolute atomic E-state index is 12.5. The number of nitrogens with one attached hydrogen (secondary N) is 2. The smallest absolute Gasteiger partial charge is 0.287 e. The third kappa shape index (κ3) is 4.23. The first-order chi connectivity index (χ1) is 12.9. The Hall–Kier alpha value is -2.17. The van der Waals surface area contributed by atoms with Crippen LogP contribution in [-0.2, 0) is 11.2 Å². The number of carbonyl (C=O) groups is 2. The molecule has 0 aliphatic carbocycles. The Kier molecular flexibility index (Phi) is 5.98. The van der Waals surface area contributed by atoms with Gasteiger partial charge in [0.25, 0.3) is 11.8 Å². The number of hydrogen-bond donors (Lipinski definition) is 3. The van der Waals surface area contributed by atoms with Gasteiger partial charge < -0.3 is 25.7 Å². The molecule has 2 aromatic rings. The van der Waals surface area contributed by atoms with Crippen LogP contribution in [0.15, 0.2) is 6.20 Å². The number of halogens is 1. The van der Waals surface area contributed by atoms with Crippen LogP contribution in [0.3, 0.4) is 0 Å². The highest BCUT2D eigenvalue weighted by atomic mass is 35.5. The maximum atomic E-state index is 12.5. The van der Waals surface area contributed by atoms with Crippen LogP contribution in [0.25, 0.3) is 0 Å². The van der Waals surface area contributed by atoms with E-state index in [9.17, 15) is 9.59 Å². The van der Waals surface area contributed by atoms with Crippen molar-refractivity contribution in [1.29, 1.82) is 0 Å². The Morgan fingerprint density at radius 2 is 2.33 bits per heavy atom. The number of aromatic nitrogens is 3. The molecule has 9 nitrogen and oxygen atoms in total. The van der Waals surface area contributed by atoms with Crippen LogP contribution < -0.4 is 16.0 Å². The van der Waals surface area contributed by atoms with Gasteiger partial charge in [0.05, 0.1) is 24.0 Å². The Labute approximate surface area is 165 Å². The van der Waals surface area contributed by atoms with Crippen LogP contribution in [0, 0.1) is 0 Å². The fourth-order valence-corrected chi connectivity index (χ4v) is 4.05. The van der Waals surface area contributed by atoms with Crippen molar-refractivity contribution in [2.24, 2.45) is 5.73 Å². The summed E-state index contributed by atoms with van der Waals surface area (Å²) in [5, 5.41) is 3.99. The number of methoxy groups -OCH3 is 1. The second kappa shape index (κ2) is 8.24. The molecular weight excluding hydrogens is 392 g/mol. The molecule has 0 spiro atoms. The number of piperidine rings is 1. The van der Waals surface area contributed by atoms with Gasteiger partial charge in [-0.25, -0.2) is 9.97 Å². The lowest BCUT2D eigenvalue weighted by atomic mass is 10.0. The number of hydrogen-bond acceptors (Lipinski definition) is 7. The van der Waals surface area contributed by atoms with Crippen molar-refractivity contribution in [3.8, 4) is 0 Å². The predicted octanol–water partition coefficient (Wildman–Crippen LogP) is 1.20. The first-order valence-corrected chi connectivity index (χ1v) is 9.71. The number of thiazole rings is 1. The van der Waals surface area contributed by atoms with Gasteiger partial charge in [0, 0.05) is 20.2 Å². The van der Waals surface area contributed by atoms with E-state index in [-0.39, 0.29) is 23.9 Å². The second-order valence-electron chi connectivity index (χ2n) is 6.17. The normalized spacial score (nSPS) is 19.9. The Bertz CT molecular complexity index is 838. The number of ether oxygens (including phenoxy) is 1. The topological polar surface area (TPSA) is 126 Å². The number of carbonyl (C=O) groups excluding carboxylic acids is 2. The zero-order chi connectivity index (χ0) is 19.6. The Morgan fingerprint density at radius 1 is 1.56 bits per heavy atom. The highest BCUT2D eigenvalue weighted by Gasteiger charge is 2.32. The minimum atomic E-state index is -0.493. The maximum Gasteiger partial charge on any atom is 0.287 e. The summed E-state index contributed by atoms with van der Waals surface area (Å²) in [7, 11) is 1.60. The largest absolute Gasteiger partial charge is 0.377 e. The second-order valence-corrected chi connectivity index (χ2v) is 7.54. The molecule has 1 aliphatic rings. The van der Waals surface area contributed by atoms with Crippen molar-refractivity contribution in [3.63, 3.8) is 0 Å². The number of anilines is 1. The number of aryl methyl sites for hydroxylation is 1. The molecule has 0 radical (unpaired) electrons. The SMILES string of the molecule is CCc1[nH]c(C(=O)N[C@H]2CCN(c3ncc(C(N)=O)s3)C[C@H]2OC)nc1Cl. The standard InChI is InChI=1S/C16H21ClN6O3S/c1-3-8-12(17)22-14(20-8)15(25)21-9-4-5-23(7-10(9)26-2)16-19-6-11(27-16)13(18)24/h6,9-10H,3-5,7H2,1-2H3,(H2,18,24)(H,20,22)(H,21,25)/t9-,10+/m0/s1. The third-order valence-corrected chi connectivity index (χ3v) is 5.87. The Balaban J connectivity index is 1.65. The fourth-order valence-electron chi connectivity index (χ4n) is 2.99. The van der Waals surface area contributed by atoms with Crippen LogP contribution in [0.5, 0.6) is 0 Å². The zero-order valence-corrected chi connectivity index (χ0v) is 16.6. The fraction of sp³-hybridized carbons (Fsp3) is 0.500. The summed E-state index contributed by atoms with van der Waals surface area (Å²) in [4.78, 5) is 37.5. The lowest BCUT2D eigenvalue weighted by Gasteiger charge is -2.37. The van der Waals surface area contributed by atoms with Crippen molar-refractivity contribution in [2.45, 2.75) is 31.9 Å². The van der Waals surface area contributed by atoms with E-state index < -0.39 is 5.91 Å². The van der Waals surface area contributed by atoms with E-state index in [1.165, 1.54) is 17.5 Å². The molecule has 27 heavy (non-hydrogen) atoms. The molecular formula is C16H21ClN6O3S. The molecule has 11 heteroatoms. The molecule has 0 saturated carbocycles. The molecule has 3 rings (SSSR count). The number of nitrogens with zero attached hydrogens (tertiary/aromatic N) is 3. The monoisotopic (exact) mass is 412 g/mol.